The zero-order valence-corrected chi connectivity index (χ0v) is 12.9. The van der Waals surface area contributed by atoms with E-state index in [9.17, 15) is 15.0 Å². The molecule has 5 atom stereocenters. The number of nitrogens with zero attached hydrogens (tertiary/aromatic N) is 2. The van der Waals surface area contributed by atoms with Gasteiger partial charge in [0.2, 0.25) is 5.95 Å². The normalized spacial score (nSPS) is 32.0. The number of nitrogens with one attached hydrogen (secondary N) is 1. The lowest BCUT2D eigenvalue weighted by Gasteiger charge is -2.25. The van der Waals surface area contributed by atoms with Crippen molar-refractivity contribution in [2.75, 3.05) is 5.73 Å². The highest BCUT2D eigenvalue weighted by atomic mass is 35.5. The summed E-state index contributed by atoms with van der Waals surface area (Å²) in [6.45, 7) is 1.46. The second kappa shape index (κ2) is 5.25. The van der Waals surface area contributed by atoms with Crippen LogP contribution in [-0.4, -0.2) is 47.9 Å². The van der Waals surface area contributed by atoms with Gasteiger partial charge in [-0.05, 0) is 13.0 Å². The Hall–Kier alpha value is -2.05. The molecule has 0 spiro atoms. The number of nitrogen functional groups attached to an aromatic ring is 1. The number of hydrogen-bond donors (Lipinski definition) is 4. The minimum Gasteiger partial charge on any atom is -0.391 e. The molecule has 2 aromatic heterocycles. The summed E-state index contributed by atoms with van der Waals surface area (Å²) in [6.07, 6.45) is 2.69. The number of ether oxygens (including phenoxy) is 1. The number of fused-ring (bicyclic) bond motifs is 1. The Morgan fingerprint density at radius 1 is 1.70 bits per heavy atom. The van der Waals surface area contributed by atoms with Gasteiger partial charge in [-0.25, -0.2) is 0 Å². The third kappa shape index (κ3) is 2.21. The molecule has 9 heteroatoms. The van der Waals surface area contributed by atoms with Crippen LogP contribution >= 0.6 is 11.6 Å². The zero-order chi connectivity index (χ0) is 16.9. The van der Waals surface area contributed by atoms with Gasteiger partial charge in [-0.1, -0.05) is 17.5 Å². The molecule has 8 nitrogen and oxygen atoms in total. The first-order valence-corrected chi connectivity index (χ1v) is 7.22. The van der Waals surface area contributed by atoms with Crippen LogP contribution in [0.15, 0.2) is 17.1 Å². The lowest BCUT2D eigenvalue weighted by atomic mass is 9.97. The van der Waals surface area contributed by atoms with Gasteiger partial charge in [0.15, 0.2) is 16.7 Å². The fourth-order valence-electron chi connectivity index (χ4n) is 2.76. The summed E-state index contributed by atoms with van der Waals surface area (Å²) in [4.78, 5) is 16.7. The van der Waals surface area contributed by atoms with E-state index in [1.807, 2.05) is 0 Å². The second-order valence-corrected chi connectivity index (χ2v) is 6.09. The van der Waals surface area contributed by atoms with Gasteiger partial charge in [0.25, 0.3) is 5.56 Å². The molecule has 2 aromatic rings. The molecule has 3 rings (SSSR count). The maximum absolute atomic E-state index is 11.9. The predicted molar refractivity (Wildman–Crippen MR) is 83.8 cm³/mol. The van der Waals surface area contributed by atoms with Crippen LogP contribution in [0.5, 0.6) is 0 Å². The first-order chi connectivity index (χ1) is 10.8. The average molecular weight is 339 g/mol. The number of nitrogens with two attached hydrogens (primary N) is 1. The van der Waals surface area contributed by atoms with Gasteiger partial charge in [0.05, 0.1) is 11.5 Å². The van der Waals surface area contributed by atoms with E-state index >= 15 is 0 Å². The Morgan fingerprint density at radius 3 is 3.00 bits per heavy atom. The highest BCUT2D eigenvalue weighted by Gasteiger charge is 2.57. The first-order valence-electron chi connectivity index (χ1n) is 6.84. The molecule has 1 aliphatic heterocycles. The molecule has 0 amide bonds. The third-order valence-corrected chi connectivity index (χ3v) is 4.46. The van der Waals surface area contributed by atoms with Crippen molar-refractivity contribution in [2.45, 2.75) is 36.3 Å². The van der Waals surface area contributed by atoms with E-state index in [1.165, 1.54) is 23.8 Å². The van der Waals surface area contributed by atoms with Crippen molar-refractivity contribution >= 4 is 28.6 Å². The Bertz CT molecular complexity index is 855. The van der Waals surface area contributed by atoms with Crippen LogP contribution in [0, 0.1) is 12.3 Å². The summed E-state index contributed by atoms with van der Waals surface area (Å²) >= 11 is 6.39. The standard InChI is InChI=1S/C14H15ClN4O4/c1-3-14(15)9(21)8(6(2)20)23-12(14)19-5-4-7-10(19)17-13(16)18-11(7)22/h1,4-6,8-9,12,20-21H,2H3,(H3,16,17,18,22)/t6-,8-,9+,12-,14?/m1/s1. The number of aliphatic hydroxyl groups is 2. The fraction of sp³-hybridized carbons (Fsp3) is 0.429. The molecular weight excluding hydrogens is 324 g/mol. The maximum Gasteiger partial charge on any atom is 0.261 e. The van der Waals surface area contributed by atoms with Crippen LogP contribution in [0.25, 0.3) is 11.0 Å². The number of aromatic amines is 1. The molecule has 1 saturated heterocycles. The van der Waals surface area contributed by atoms with Crippen LogP contribution in [-0.2, 0) is 4.74 Å². The first kappa shape index (κ1) is 15.8. The lowest BCUT2D eigenvalue weighted by molar-refractivity contribution is -0.0751. The molecule has 122 valence electrons. The summed E-state index contributed by atoms with van der Waals surface area (Å²) in [7, 11) is 0. The molecule has 0 aliphatic carbocycles. The number of aliphatic hydroxyl groups excluding tert-OH is 2. The van der Waals surface area contributed by atoms with Crippen molar-refractivity contribution in [3.05, 3.63) is 22.6 Å². The number of terminal acetylenes is 1. The molecule has 0 saturated carbocycles. The molecule has 23 heavy (non-hydrogen) atoms. The predicted octanol–water partition coefficient (Wildman–Crippen LogP) is -0.443. The summed E-state index contributed by atoms with van der Waals surface area (Å²) in [5.74, 6) is 2.25. The van der Waals surface area contributed by atoms with E-state index in [1.54, 1.807) is 0 Å². The molecule has 1 aliphatic rings. The Labute approximate surface area is 135 Å². The smallest absolute Gasteiger partial charge is 0.261 e. The summed E-state index contributed by atoms with van der Waals surface area (Å²) in [5, 5.41) is 20.4. The highest BCUT2D eigenvalue weighted by Crippen LogP contribution is 2.44. The number of hydrogen-bond acceptors (Lipinski definition) is 6. The fourth-order valence-corrected chi connectivity index (χ4v) is 3.04. The molecular formula is C14H15ClN4O4. The van der Waals surface area contributed by atoms with Gasteiger partial charge < -0.3 is 25.3 Å². The summed E-state index contributed by atoms with van der Waals surface area (Å²) in [5.41, 5.74) is 5.37. The minimum absolute atomic E-state index is 0.0750. The van der Waals surface area contributed by atoms with Gasteiger partial charge in [0.1, 0.15) is 12.2 Å². The van der Waals surface area contributed by atoms with Gasteiger partial charge in [-0.15, -0.1) is 6.42 Å². The second-order valence-electron chi connectivity index (χ2n) is 5.46. The van der Waals surface area contributed by atoms with E-state index in [2.05, 4.69) is 15.9 Å². The Kier molecular flexibility index (Phi) is 3.61. The maximum atomic E-state index is 11.9. The number of halogens is 1. The SMILES string of the molecule is C#CC1(Cl)[C@@H](O)[C@@H]([C@@H](C)O)O[C@H]1n1ccc2c(=O)[nH]c(N)nc21. The van der Waals surface area contributed by atoms with Crippen LogP contribution in [0.3, 0.4) is 0 Å². The number of rotatable bonds is 2. The van der Waals surface area contributed by atoms with E-state index in [-0.39, 0.29) is 17.0 Å². The van der Waals surface area contributed by atoms with Crippen molar-refractivity contribution in [1.29, 1.82) is 0 Å². The number of anilines is 1. The topological polar surface area (TPSA) is 126 Å². The quantitative estimate of drug-likeness (QED) is 0.434. The molecule has 0 bridgehead atoms. The monoisotopic (exact) mass is 338 g/mol. The van der Waals surface area contributed by atoms with Crippen molar-refractivity contribution in [1.82, 2.24) is 14.5 Å². The van der Waals surface area contributed by atoms with E-state index < -0.39 is 35.0 Å². The van der Waals surface area contributed by atoms with Crippen molar-refractivity contribution in [3.63, 3.8) is 0 Å². The zero-order valence-electron chi connectivity index (χ0n) is 12.1. The van der Waals surface area contributed by atoms with Gasteiger partial charge in [0, 0.05) is 6.20 Å². The van der Waals surface area contributed by atoms with E-state index in [4.69, 9.17) is 28.5 Å². The van der Waals surface area contributed by atoms with Gasteiger partial charge >= 0.3 is 0 Å². The highest BCUT2D eigenvalue weighted by molar-refractivity contribution is 6.27. The third-order valence-electron chi connectivity index (χ3n) is 3.94. The average Bonchev–Trinajstić information content (AvgIpc) is 3.00. The largest absolute Gasteiger partial charge is 0.391 e. The van der Waals surface area contributed by atoms with Crippen molar-refractivity contribution < 1.29 is 14.9 Å². The van der Waals surface area contributed by atoms with Crippen LogP contribution in [0.1, 0.15) is 13.2 Å². The van der Waals surface area contributed by atoms with Crippen molar-refractivity contribution in [2.24, 2.45) is 0 Å². The van der Waals surface area contributed by atoms with E-state index in [0.717, 1.165) is 0 Å². The van der Waals surface area contributed by atoms with Crippen LogP contribution in [0.2, 0.25) is 0 Å². The minimum atomic E-state index is -1.63. The van der Waals surface area contributed by atoms with Crippen molar-refractivity contribution in [3.8, 4) is 12.3 Å². The molecule has 1 unspecified atom stereocenters. The molecule has 5 N–H and O–H groups in total. The Morgan fingerprint density at radius 2 is 2.39 bits per heavy atom. The number of aromatic nitrogens is 3. The number of alkyl halides is 1. The molecule has 3 heterocycles. The summed E-state index contributed by atoms with van der Waals surface area (Å²) in [6, 6.07) is 1.51. The Balaban J connectivity index is 2.18. The molecule has 1 fully saturated rings. The number of H-pyrrole nitrogens is 1. The van der Waals surface area contributed by atoms with E-state index in [0.29, 0.717) is 0 Å². The molecule has 0 radical (unpaired) electrons. The van der Waals surface area contributed by atoms with Crippen LogP contribution < -0.4 is 11.3 Å². The van der Waals surface area contributed by atoms with Crippen LogP contribution in [0.4, 0.5) is 5.95 Å². The summed E-state index contributed by atoms with van der Waals surface area (Å²) < 4.78 is 7.10. The van der Waals surface area contributed by atoms with Gasteiger partial charge in [-0.3, -0.25) is 9.78 Å². The van der Waals surface area contributed by atoms with Gasteiger partial charge in [-0.2, -0.15) is 4.98 Å². The lowest BCUT2D eigenvalue weighted by Crippen LogP contribution is -2.43. The molecule has 0 aromatic carbocycles.